The van der Waals surface area contributed by atoms with E-state index in [9.17, 15) is 20.1 Å². The molecule has 2 aliphatic rings. The van der Waals surface area contributed by atoms with E-state index in [1.54, 1.807) is 0 Å². The van der Waals surface area contributed by atoms with E-state index in [1.807, 2.05) is 0 Å². The second kappa shape index (κ2) is 10.0. The summed E-state index contributed by atoms with van der Waals surface area (Å²) in [7, 11) is 0. The molecule has 2 heterocycles. The summed E-state index contributed by atoms with van der Waals surface area (Å²) in [5, 5.41) is 25.8. The molecule has 0 bridgehead atoms. The Morgan fingerprint density at radius 1 is 0.879 bits per heavy atom. The van der Waals surface area contributed by atoms with Crippen LogP contribution in [0, 0.1) is 34.5 Å². The van der Waals surface area contributed by atoms with Crippen molar-refractivity contribution in [2.45, 2.75) is 52.4 Å². The topological polar surface area (TPSA) is 115 Å². The molecule has 0 saturated carbocycles. The van der Waals surface area contributed by atoms with Crippen molar-refractivity contribution in [3.8, 4) is 12.1 Å². The Balaban J connectivity index is 1.30. The number of nitriles is 2. The minimum atomic E-state index is -0.399. The van der Waals surface area contributed by atoms with Gasteiger partial charge in [0.15, 0.2) is 0 Å². The van der Waals surface area contributed by atoms with Gasteiger partial charge in [0.25, 0.3) is 11.8 Å². The van der Waals surface area contributed by atoms with Crippen molar-refractivity contribution in [2.75, 3.05) is 23.8 Å². The highest BCUT2D eigenvalue weighted by molar-refractivity contribution is 7.17. The van der Waals surface area contributed by atoms with Gasteiger partial charge in [0.05, 0.1) is 11.1 Å². The Morgan fingerprint density at radius 3 is 1.70 bits per heavy atom. The molecule has 2 N–H and O–H groups in total. The molecule has 9 heteroatoms. The average Bonchev–Trinajstić information content (AvgIpc) is 3.28. The first kappa shape index (κ1) is 23.4. The van der Waals surface area contributed by atoms with Crippen LogP contribution in [0.4, 0.5) is 10.0 Å². The molecule has 4 rings (SSSR count). The number of ether oxygens (including phenoxy) is 1. The molecule has 2 amide bonds. The van der Waals surface area contributed by atoms with Crippen LogP contribution in [-0.2, 0) is 40.0 Å². The van der Waals surface area contributed by atoms with Crippen LogP contribution in [0.2, 0.25) is 0 Å². The highest BCUT2D eigenvalue weighted by Crippen LogP contribution is 2.40. The zero-order chi connectivity index (χ0) is 23.5. The monoisotopic (exact) mass is 482 g/mol. The van der Waals surface area contributed by atoms with Gasteiger partial charge < -0.3 is 15.4 Å². The number of carbonyl (C=O) groups is 2. The number of nitrogens with one attached hydrogen (secondary N) is 2. The van der Waals surface area contributed by atoms with Crippen LogP contribution in [0.15, 0.2) is 0 Å². The molecule has 2 aromatic rings. The number of rotatable bonds is 6. The van der Waals surface area contributed by atoms with Crippen LogP contribution in [0.25, 0.3) is 0 Å². The van der Waals surface area contributed by atoms with Gasteiger partial charge in [-0.1, -0.05) is 13.8 Å². The Hall–Kier alpha value is -2.72. The first-order valence-electron chi connectivity index (χ1n) is 11.2. The summed E-state index contributed by atoms with van der Waals surface area (Å²) in [6.07, 6.45) is 5.66. The highest BCUT2D eigenvalue weighted by atomic mass is 32.1. The van der Waals surface area contributed by atoms with Gasteiger partial charge in [-0.3, -0.25) is 9.59 Å². The summed E-state index contributed by atoms with van der Waals surface area (Å²) in [5.74, 6) is 0.354. The fraction of sp³-hybridized carbons (Fsp3) is 0.500. The molecule has 0 spiro atoms. The molecule has 172 valence electrons. The molecular formula is C24H26N4O3S2. The zero-order valence-electron chi connectivity index (χ0n) is 18.7. The largest absolute Gasteiger partial charge is 0.362 e. The molecule has 2 aromatic heterocycles. The van der Waals surface area contributed by atoms with E-state index >= 15 is 0 Å². The van der Waals surface area contributed by atoms with E-state index < -0.39 is 11.8 Å². The van der Waals surface area contributed by atoms with Gasteiger partial charge in [-0.2, -0.15) is 10.5 Å². The lowest BCUT2D eigenvalue weighted by Crippen LogP contribution is -2.24. The van der Waals surface area contributed by atoms with Crippen molar-refractivity contribution in [2.24, 2.45) is 11.8 Å². The van der Waals surface area contributed by atoms with Crippen molar-refractivity contribution >= 4 is 44.5 Å². The van der Waals surface area contributed by atoms with Gasteiger partial charge in [-0.05, 0) is 61.5 Å². The molecular weight excluding hydrogens is 456 g/mol. The minimum Gasteiger partial charge on any atom is -0.362 e. The molecule has 0 saturated heterocycles. The third-order valence-corrected chi connectivity index (χ3v) is 8.56. The molecule has 7 nitrogen and oxygen atoms in total. The number of carbonyl (C=O) groups excluding carboxylic acids is 2. The highest BCUT2D eigenvalue weighted by Gasteiger charge is 2.26. The Morgan fingerprint density at radius 2 is 1.30 bits per heavy atom. The first-order valence-corrected chi connectivity index (χ1v) is 12.8. The van der Waals surface area contributed by atoms with E-state index in [0.717, 1.165) is 49.7 Å². The van der Waals surface area contributed by atoms with Crippen molar-refractivity contribution in [1.29, 1.82) is 10.5 Å². The van der Waals surface area contributed by atoms with Gasteiger partial charge in [0, 0.05) is 9.75 Å². The maximum absolute atomic E-state index is 12.3. The lowest BCUT2D eigenvalue weighted by atomic mass is 9.89. The van der Waals surface area contributed by atoms with E-state index in [1.165, 1.54) is 32.4 Å². The molecule has 0 radical (unpaired) electrons. The van der Waals surface area contributed by atoms with E-state index in [4.69, 9.17) is 4.74 Å². The number of thiophene rings is 2. The summed E-state index contributed by atoms with van der Waals surface area (Å²) >= 11 is 2.92. The summed E-state index contributed by atoms with van der Waals surface area (Å²) in [6.45, 7) is 3.80. The Labute approximate surface area is 201 Å². The van der Waals surface area contributed by atoms with Gasteiger partial charge in [-0.25, -0.2) is 0 Å². The van der Waals surface area contributed by atoms with Crippen molar-refractivity contribution in [3.05, 3.63) is 32.0 Å². The number of amides is 2. The standard InChI is InChI=1S/C24H26N4O3S2/c1-13-3-5-15-17(9-25)23(32-19(15)7-13)27-21(29)11-31-12-22(30)28-24-18(10-26)16-6-4-14(2)8-20(16)33-24/h13-14H,3-8,11-12H2,1-2H3,(H,27,29)(H,28,30)/t13-,14-/m1/s1. The molecule has 2 aliphatic carbocycles. The predicted molar refractivity (Wildman–Crippen MR) is 129 cm³/mol. The van der Waals surface area contributed by atoms with Crippen LogP contribution < -0.4 is 10.6 Å². The van der Waals surface area contributed by atoms with E-state index in [-0.39, 0.29) is 13.2 Å². The van der Waals surface area contributed by atoms with E-state index in [2.05, 4.69) is 36.6 Å². The van der Waals surface area contributed by atoms with E-state index in [0.29, 0.717) is 33.0 Å². The molecule has 0 unspecified atom stereocenters. The van der Waals surface area contributed by atoms with Gasteiger partial charge in [-0.15, -0.1) is 22.7 Å². The van der Waals surface area contributed by atoms with Crippen LogP contribution in [0.3, 0.4) is 0 Å². The fourth-order valence-electron chi connectivity index (χ4n) is 4.48. The number of nitrogens with zero attached hydrogens (tertiary/aromatic N) is 2. The van der Waals surface area contributed by atoms with Gasteiger partial charge in [0.1, 0.15) is 35.4 Å². The zero-order valence-corrected chi connectivity index (χ0v) is 20.4. The minimum absolute atomic E-state index is 0.291. The van der Waals surface area contributed by atoms with Gasteiger partial charge in [0.2, 0.25) is 0 Å². The molecule has 33 heavy (non-hydrogen) atoms. The fourth-order valence-corrected chi connectivity index (χ4v) is 7.23. The first-order chi connectivity index (χ1) is 15.9. The van der Waals surface area contributed by atoms with Crippen molar-refractivity contribution < 1.29 is 14.3 Å². The van der Waals surface area contributed by atoms with Crippen LogP contribution in [0.5, 0.6) is 0 Å². The summed E-state index contributed by atoms with van der Waals surface area (Å²) in [5.41, 5.74) is 3.20. The Kier molecular flexibility index (Phi) is 7.14. The number of anilines is 2. The van der Waals surface area contributed by atoms with Crippen LogP contribution in [0.1, 0.15) is 58.7 Å². The number of hydrogen-bond donors (Lipinski definition) is 2. The molecule has 2 atom stereocenters. The second-order valence-electron chi connectivity index (χ2n) is 8.92. The predicted octanol–water partition coefficient (Wildman–Crippen LogP) is 4.40. The number of hydrogen-bond acceptors (Lipinski definition) is 7. The maximum atomic E-state index is 12.3. The second-order valence-corrected chi connectivity index (χ2v) is 11.1. The lowest BCUT2D eigenvalue weighted by Gasteiger charge is -2.17. The summed E-state index contributed by atoms with van der Waals surface area (Å²) < 4.78 is 5.31. The third kappa shape index (κ3) is 5.11. The quantitative estimate of drug-likeness (QED) is 0.633. The SMILES string of the molecule is C[C@@H]1CCc2c(sc(NC(=O)COCC(=O)Nc3sc4c(c3C#N)CC[C@@H](C)C4)c2C#N)C1. The molecule has 0 aliphatic heterocycles. The maximum Gasteiger partial charge on any atom is 0.251 e. The van der Waals surface area contributed by atoms with Crippen LogP contribution >= 0.6 is 22.7 Å². The van der Waals surface area contributed by atoms with Crippen molar-refractivity contribution in [3.63, 3.8) is 0 Å². The van der Waals surface area contributed by atoms with Crippen molar-refractivity contribution in [1.82, 2.24) is 0 Å². The van der Waals surface area contributed by atoms with Crippen LogP contribution in [-0.4, -0.2) is 25.0 Å². The summed E-state index contributed by atoms with van der Waals surface area (Å²) in [6, 6.07) is 4.45. The smallest absolute Gasteiger partial charge is 0.251 e. The number of fused-ring (bicyclic) bond motifs is 2. The van der Waals surface area contributed by atoms with Gasteiger partial charge >= 0.3 is 0 Å². The normalized spacial score (nSPS) is 19.0. The molecule has 0 aromatic carbocycles. The summed E-state index contributed by atoms with van der Waals surface area (Å²) in [4.78, 5) is 27.0. The molecule has 0 fully saturated rings. The Bertz CT molecular complexity index is 1080. The third-order valence-electron chi connectivity index (χ3n) is 6.22. The lowest BCUT2D eigenvalue weighted by molar-refractivity contribution is -0.125. The average molecular weight is 483 g/mol.